The van der Waals surface area contributed by atoms with Gasteiger partial charge in [0.1, 0.15) is 0 Å². The first-order valence-corrected chi connectivity index (χ1v) is 7.31. The molecule has 1 atom stereocenters. The van der Waals surface area contributed by atoms with Crippen LogP contribution in [0, 0.1) is 5.92 Å². The highest BCUT2D eigenvalue weighted by Gasteiger charge is 2.35. The van der Waals surface area contributed by atoms with Gasteiger partial charge in [-0.05, 0) is 29.7 Å². The summed E-state index contributed by atoms with van der Waals surface area (Å²) in [4.78, 5) is 0. The Hall–Kier alpha value is -0.550. The zero-order chi connectivity index (χ0) is 13.2. The summed E-state index contributed by atoms with van der Waals surface area (Å²) in [5.74, 6) is 0.670. The average molecular weight is 277 g/mol. The highest BCUT2D eigenvalue weighted by molar-refractivity contribution is 7.08. The molecular formula is C13H18F3NS. The Labute approximate surface area is 109 Å². The average Bonchev–Trinajstić information content (AvgIpc) is 2.95. The van der Waals surface area contributed by atoms with Crippen molar-refractivity contribution in [1.82, 2.24) is 0 Å². The van der Waals surface area contributed by atoms with Crippen LogP contribution in [-0.4, -0.2) is 0 Å². The Kier molecular flexibility index (Phi) is 4.33. The van der Waals surface area contributed by atoms with E-state index in [0.29, 0.717) is 12.3 Å². The van der Waals surface area contributed by atoms with Crippen molar-refractivity contribution in [2.75, 3.05) is 0 Å². The van der Waals surface area contributed by atoms with Gasteiger partial charge in [-0.25, -0.2) is 0 Å². The summed E-state index contributed by atoms with van der Waals surface area (Å²) in [5, 5.41) is 2.70. The predicted molar refractivity (Wildman–Crippen MR) is 67.4 cm³/mol. The molecule has 1 unspecified atom stereocenters. The normalized spacial score (nSPS) is 19.3. The van der Waals surface area contributed by atoms with Crippen molar-refractivity contribution in [3.8, 4) is 0 Å². The zero-order valence-electron chi connectivity index (χ0n) is 10.2. The molecule has 1 fully saturated rings. The molecule has 0 spiro atoms. The fourth-order valence-electron chi connectivity index (χ4n) is 2.69. The standard InChI is InChI=1S/C13H18F3NS/c14-13(15,16)11-8-18-7-10(11)12(17)6-5-9-3-1-2-4-9/h7-9,12H,1-6,17H2. The summed E-state index contributed by atoms with van der Waals surface area (Å²) in [5.41, 5.74) is 5.64. The summed E-state index contributed by atoms with van der Waals surface area (Å²) in [7, 11) is 0. The van der Waals surface area contributed by atoms with Crippen molar-refractivity contribution >= 4 is 11.3 Å². The first kappa shape index (κ1) is 13.9. The lowest BCUT2D eigenvalue weighted by atomic mass is 9.95. The van der Waals surface area contributed by atoms with Gasteiger partial charge in [-0.3, -0.25) is 0 Å². The van der Waals surface area contributed by atoms with E-state index in [2.05, 4.69) is 0 Å². The van der Waals surface area contributed by atoms with E-state index in [4.69, 9.17) is 5.73 Å². The van der Waals surface area contributed by atoms with Crippen LogP contribution >= 0.6 is 11.3 Å². The number of thiophene rings is 1. The van der Waals surface area contributed by atoms with E-state index in [1.807, 2.05) is 0 Å². The minimum absolute atomic E-state index is 0.269. The fourth-order valence-corrected chi connectivity index (χ4v) is 3.62. The number of rotatable bonds is 4. The lowest BCUT2D eigenvalue weighted by Crippen LogP contribution is -2.16. The van der Waals surface area contributed by atoms with Gasteiger partial charge in [-0.2, -0.15) is 24.5 Å². The van der Waals surface area contributed by atoms with Crippen molar-refractivity contribution in [3.05, 3.63) is 21.9 Å². The molecule has 1 saturated carbocycles. The molecule has 0 amide bonds. The van der Waals surface area contributed by atoms with Crippen molar-refractivity contribution in [1.29, 1.82) is 0 Å². The Morgan fingerprint density at radius 3 is 2.56 bits per heavy atom. The summed E-state index contributed by atoms with van der Waals surface area (Å²) >= 11 is 1.08. The van der Waals surface area contributed by atoms with Crippen LogP contribution < -0.4 is 5.73 Å². The molecule has 1 aliphatic carbocycles. The molecule has 1 aromatic heterocycles. The first-order valence-electron chi connectivity index (χ1n) is 6.37. The van der Waals surface area contributed by atoms with Gasteiger partial charge in [0, 0.05) is 11.4 Å². The summed E-state index contributed by atoms with van der Waals surface area (Å²) in [6.45, 7) is 0. The Morgan fingerprint density at radius 2 is 1.94 bits per heavy atom. The molecule has 18 heavy (non-hydrogen) atoms. The van der Waals surface area contributed by atoms with E-state index in [-0.39, 0.29) is 5.56 Å². The monoisotopic (exact) mass is 277 g/mol. The van der Waals surface area contributed by atoms with E-state index in [9.17, 15) is 13.2 Å². The molecule has 0 radical (unpaired) electrons. The number of hydrogen-bond donors (Lipinski definition) is 1. The third-order valence-electron chi connectivity index (χ3n) is 3.76. The first-order chi connectivity index (χ1) is 8.48. The topological polar surface area (TPSA) is 26.0 Å². The fraction of sp³-hybridized carbons (Fsp3) is 0.692. The van der Waals surface area contributed by atoms with Crippen molar-refractivity contribution < 1.29 is 13.2 Å². The molecule has 0 bridgehead atoms. The smallest absolute Gasteiger partial charge is 0.324 e. The van der Waals surface area contributed by atoms with E-state index in [1.54, 1.807) is 5.38 Å². The number of hydrogen-bond acceptors (Lipinski definition) is 2. The highest BCUT2D eigenvalue weighted by atomic mass is 32.1. The molecule has 5 heteroatoms. The zero-order valence-corrected chi connectivity index (χ0v) is 11.0. The van der Waals surface area contributed by atoms with Crippen LogP contribution in [0.15, 0.2) is 10.8 Å². The number of alkyl halides is 3. The van der Waals surface area contributed by atoms with Crippen LogP contribution in [0.4, 0.5) is 13.2 Å². The van der Waals surface area contributed by atoms with Crippen LogP contribution in [0.2, 0.25) is 0 Å². The summed E-state index contributed by atoms with van der Waals surface area (Å²) in [6, 6.07) is -0.478. The third kappa shape index (κ3) is 3.26. The molecular weight excluding hydrogens is 259 g/mol. The molecule has 1 heterocycles. The third-order valence-corrected chi connectivity index (χ3v) is 4.52. The minimum atomic E-state index is -4.28. The summed E-state index contributed by atoms with van der Waals surface area (Å²) in [6.07, 6.45) is 2.27. The Balaban J connectivity index is 1.96. The Morgan fingerprint density at radius 1 is 1.28 bits per heavy atom. The second-order valence-electron chi connectivity index (χ2n) is 5.07. The van der Waals surface area contributed by atoms with Gasteiger partial charge in [0.2, 0.25) is 0 Å². The Bertz CT molecular complexity index is 380. The second-order valence-corrected chi connectivity index (χ2v) is 5.82. The molecule has 1 aromatic rings. The lowest BCUT2D eigenvalue weighted by molar-refractivity contribution is -0.138. The van der Waals surface area contributed by atoms with E-state index in [0.717, 1.165) is 23.1 Å². The van der Waals surface area contributed by atoms with Gasteiger partial charge in [-0.1, -0.05) is 25.7 Å². The molecule has 0 aliphatic heterocycles. The quantitative estimate of drug-likeness (QED) is 0.845. The van der Waals surface area contributed by atoms with Crippen LogP contribution in [0.1, 0.15) is 55.7 Å². The SMILES string of the molecule is NC(CCC1CCCC1)c1cscc1C(F)(F)F. The minimum Gasteiger partial charge on any atom is -0.324 e. The van der Waals surface area contributed by atoms with Crippen molar-refractivity contribution in [2.24, 2.45) is 11.7 Å². The van der Waals surface area contributed by atoms with E-state index >= 15 is 0 Å². The van der Waals surface area contributed by atoms with Gasteiger partial charge in [0.25, 0.3) is 0 Å². The second kappa shape index (κ2) is 5.61. The molecule has 102 valence electrons. The van der Waals surface area contributed by atoms with Gasteiger partial charge >= 0.3 is 6.18 Å². The van der Waals surface area contributed by atoms with Gasteiger partial charge in [0.05, 0.1) is 5.56 Å². The molecule has 1 nitrogen and oxygen atoms in total. The van der Waals surface area contributed by atoms with Crippen LogP contribution in [-0.2, 0) is 6.18 Å². The molecule has 1 aliphatic rings. The van der Waals surface area contributed by atoms with Crippen LogP contribution in [0.25, 0.3) is 0 Å². The van der Waals surface area contributed by atoms with Gasteiger partial charge in [0.15, 0.2) is 0 Å². The van der Waals surface area contributed by atoms with Crippen LogP contribution in [0.5, 0.6) is 0 Å². The molecule has 0 saturated heterocycles. The maximum atomic E-state index is 12.7. The maximum absolute atomic E-state index is 12.7. The van der Waals surface area contributed by atoms with Crippen LogP contribution in [0.3, 0.4) is 0 Å². The van der Waals surface area contributed by atoms with E-state index < -0.39 is 17.8 Å². The number of nitrogens with two attached hydrogens (primary N) is 1. The van der Waals surface area contributed by atoms with Crippen molar-refractivity contribution in [2.45, 2.75) is 50.7 Å². The maximum Gasteiger partial charge on any atom is 0.417 e. The van der Waals surface area contributed by atoms with Gasteiger partial charge in [-0.15, -0.1) is 0 Å². The number of halogens is 3. The predicted octanol–water partition coefficient (Wildman–Crippen LogP) is 4.74. The molecule has 2 N–H and O–H groups in total. The molecule has 2 rings (SSSR count). The van der Waals surface area contributed by atoms with Crippen molar-refractivity contribution in [3.63, 3.8) is 0 Å². The summed E-state index contributed by atoms with van der Waals surface area (Å²) < 4.78 is 38.2. The largest absolute Gasteiger partial charge is 0.417 e. The molecule has 0 aromatic carbocycles. The van der Waals surface area contributed by atoms with Gasteiger partial charge < -0.3 is 5.73 Å². The van der Waals surface area contributed by atoms with E-state index in [1.165, 1.54) is 25.7 Å². The highest BCUT2D eigenvalue weighted by Crippen LogP contribution is 2.38. The lowest BCUT2D eigenvalue weighted by Gasteiger charge is -2.16.